The van der Waals surface area contributed by atoms with Crippen LogP contribution in [0.25, 0.3) is 0 Å². The Kier molecular flexibility index (Phi) is 4.02. The zero-order valence-corrected chi connectivity index (χ0v) is 6.24. The van der Waals surface area contributed by atoms with Crippen LogP contribution >= 0.6 is 0 Å². The van der Waals surface area contributed by atoms with E-state index < -0.39 is 0 Å². The number of halogens is 1. The first-order valence-corrected chi connectivity index (χ1v) is 3.21. The number of rotatable bonds is 2. The van der Waals surface area contributed by atoms with Crippen LogP contribution in [0, 0.1) is 0 Å². The normalized spacial score (nSPS) is 14.2. The molecule has 0 heterocycles. The lowest BCUT2D eigenvalue weighted by Gasteiger charge is -1.92. The number of allylic oxidation sites excluding steroid dienone is 4. The fourth-order valence-electron chi connectivity index (χ4n) is 0.631. The molecule has 0 radical (unpaired) electrons. The molecule has 0 atom stereocenters. The van der Waals surface area contributed by atoms with E-state index in [1.165, 1.54) is 6.08 Å². The Morgan fingerprint density at radius 1 is 1.56 bits per heavy atom. The van der Waals surface area contributed by atoms with Crippen LogP contribution in [0.4, 0.5) is 4.39 Å². The van der Waals surface area contributed by atoms with Gasteiger partial charge in [-0.15, -0.1) is 0 Å². The zero-order chi connectivity index (χ0) is 7.28. The van der Waals surface area contributed by atoms with Gasteiger partial charge in [-0.1, -0.05) is 19.1 Å². The minimum absolute atomic E-state index is 0.114. The van der Waals surface area contributed by atoms with E-state index >= 15 is 0 Å². The van der Waals surface area contributed by atoms with Crippen molar-refractivity contribution in [3.8, 4) is 0 Å². The van der Waals surface area contributed by atoms with Gasteiger partial charge in [-0.25, -0.2) is 4.39 Å². The molecule has 52 valence electrons. The summed E-state index contributed by atoms with van der Waals surface area (Å²) < 4.78 is 12.5. The largest absolute Gasteiger partial charge is 0.207 e. The molecule has 0 amide bonds. The van der Waals surface area contributed by atoms with E-state index in [-0.39, 0.29) is 5.83 Å². The Labute approximate surface area is 56.1 Å². The molecule has 0 bridgehead atoms. The second-order valence-electron chi connectivity index (χ2n) is 1.93. The molecule has 0 spiro atoms. The van der Waals surface area contributed by atoms with E-state index in [1.54, 1.807) is 13.8 Å². The van der Waals surface area contributed by atoms with E-state index in [0.717, 1.165) is 12.0 Å². The predicted molar refractivity (Wildman–Crippen MR) is 38.9 cm³/mol. The van der Waals surface area contributed by atoms with Crippen molar-refractivity contribution in [3.05, 3.63) is 23.6 Å². The summed E-state index contributed by atoms with van der Waals surface area (Å²) in [6.45, 7) is 5.47. The standard InChI is InChI=1S/C8H13F/c1-4-6-7(3)8(9)5-2/h5-6H,4H2,1-3H3/b7-6-,8-5+. The Morgan fingerprint density at radius 2 is 2.11 bits per heavy atom. The smallest absolute Gasteiger partial charge is 0.121 e. The molecular formula is C8H13F. The molecule has 9 heavy (non-hydrogen) atoms. The molecule has 0 unspecified atom stereocenters. The molecule has 0 aliphatic rings. The lowest BCUT2D eigenvalue weighted by molar-refractivity contribution is 0.648. The molecule has 0 aliphatic heterocycles. The van der Waals surface area contributed by atoms with Gasteiger partial charge in [-0.2, -0.15) is 0 Å². The second kappa shape index (κ2) is 4.30. The van der Waals surface area contributed by atoms with Gasteiger partial charge >= 0.3 is 0 Å². The van der Waals surface area contributed by atoms with Gasteiger partial charge in [0, 0.05) is 0 Å². The van der Waals surface area contributed by atoms with Crippen LogP contribution in [0.5, 0.6) is 0 Å². The van der Waals surface area contributed by atoms with Gasteiger partial charge in [-0.05, 0) is 25.8 Å². The Bertz CT molecular complexity index is 132. The first-order chi connectivity index (χ1) is 4.22. The van der Waals surface area contributed by atoms with E-state index in [0.29, 0.717) is 0 Å². The topological polar surface area (TPSA) is 0 Å². The van der Waals surface area contributed by atoms with Crippen LogP contribution in [-0.2, 0) is 0 Å². The maximum absolute atomic E-state index is 12.5. The summed E-state index contributed by atoms with van der Waals surface area (Å²) in [5.41, 5.74) is 0.736. The van der Waals surface area contributed by atoms with Crippen molar-refractivity contribution >= 4 is 0 Å². The molecule has 0 nitrogen and oxygen atoms in total. The molecule has 0 saturated heterocycles. The molecule has 0 aromatic carbocycles. The Morgan fingerprint density at radius 3 is 2.44 bits per heavy atom. The quantitative estimate of drug-likeness (QED) is 0.501. The van der Waals surface area contributed by atoms with Crippen molar-refractivity contribution in [2.45, 2.75) is 27.2 Å². The molecule has 0 saturated carbocycles. The minimum Gasteiger partial charge on any atom is -0.207 e. The fraction of sp³-hybridized carbons (Fsp3) is 0.500. The summed E-state index contributed by atoms with van der Waals surface area (Å²) in [7, 11) is 0. The van der Waals surface area contributed by atoms with Crippen molar-refractivity contribution < 1.29 is 4.39 Å². The van der Waals surface area contributed by atoms with Crippen LogP contribution in [0.15, 0.2) is 23.6 Å². The first kappa shape index (κ1) is 8.41. The lowest BCUT2D eigenvalue weighted by atomic mass is 10.2. The van der Waals surface area contributed by atoms with Gasteiger partial charge < -0.3 is 0 Å². The van der Waals surface area contributed by atoms with Gasteiger partial charge in [0.1, 0.15) is 5.83 Å². The second-order valence-corrected chi connectivity index (χ2v) is 1.93. The highest BCUT2D eigenvalue weighted by Gasteiger charge is 1.91. The summed E-state index contributed by atoms with van der Waals surface area (Å²) in [5, 5.41) is 0. The van der Waals surface area contributed by atoms with Crippen molar-refractivity contribution in [1.82, 2.24) is 0 Å². The molecule has 0 aromatic rings. The highest BCUT2D eigenvalue weighted by Crippen LogP contribution is 2.09. The maximum Gasteiger partial charge on any atom is 0.121 e. The summed E-state index contributed by atoms with van der Waals surface area (Å²) in [4.78, 5) is 0. The van der Waals surface area contributed by atoms with Crippen LogP contribution in [0.3, 0.4) is 0 Å². The van der Waals surface area contributed by atoms with Gasteiger partial charge in [0.2, 0.25) is 0 Å². The summed E-state index contributed by atoms with van der Waals surface area (Å²) >= 11 is 0. The highest BCUT2D eigenvalue weighted by atomic mass is 19.1. The van der Waals surface area contributed by atoms with Gasteiger partial charge in [0.25, 0.3) is 0 Å². The summed E-state index contributed by atoms with van der Waals surface area (Å²) in [5.74, 6) is -0.114. The van der Waals surface area contributed by atoms with Crippen molar-refractivity contribution in [3.63, 3.8) is 0 Å². The highest BCUT2D eigenvalue weighted by molar-refractivity contribution is 5.21. The van der Waals surface area contributed by atoms with E-state index in [4.69, 9.17) is 0 Å². The molecule has 0 aliphatic carbocycles. The lowest BCUT2D eigenvalue weighted by Crippen LogP contribution is -1.74. The Balaban J connectivity index is 4.03. The van der Waals surface area contributed by atoms with Crippen LogP contribution in [0.1, 0.15) is 27.2 Å². The molecule has 0 fully saturated rings. The first-order valence-electron chi connectivity index (χ1n) is 3.21. The third-order valence-corrected chi connectivity index (χ3v) is 1.14. The van der Waals surface area contributed by atoms with Gasteiger partial charge in [-0.3, -0.25) is 0 Å². The maximum atomic E-state index is 12.5. The number of hydrogen-bond donors (Lipinski definition) is 0. The molecule has 1 heteroatoms. The van der Waals surface area contributed by atoms with Crippen LogP contribution in [-0.4, -0.2) is 0 Å². The molecule has 0 aromatic heterocycles. The molecular weight excluding hydrogens is 115 g/mol. The van der Waals surface area contributed by atoms with Crippen molar-refractivity contribution in [2.24, 2.45) is 0 Å². The summed E-state index contributed by atoms with van der Waals surface area (Å²) in [6.07, 6.45) is 4.24. The van der Waals surface area contributed by atoms with E-state index in [2.05, 4.69) is 0 Å². The van der Waals surface area contributed by atoms with Crippen LogP contribution < -0.4 is 0 Å². The van der Waals surface area contributed by atoms with Crippen molar-refractivity contribution in [1.29, 1.82) is 0 Å². The monoisotopic (exact) mass is 128 g/mol. The van der Waals surface area contributed by atoms with E-state index in [9.17, 15) is 4.39 Å². The average Bonchev–Trinajstić information content (AvgIpc) is 1.87. The zero-order valence-electron chi connectivity index (χ0n) is 6.24. The predicted octanol–water partition coefficient (Wildman–Crippen LogP) is 3.22. The molecule has 0 rings (SSSR count). The van der Waals surface area contributed by atoms with Gasteiger partial charge in [0.05, 0.1) is 0 Å². The average molecular weight is 128 g/mol. The number of hydrogen-bond acceptors (Lipinski definition) is 0. The van der Waals surface area contributed by atoms with E-state index in [1.807, 2.05) is 13.0 Å². The van der Waals surface area contributed by atoms with Crippen LogP contribution in [0.2, 0.25) is 0 Å². The Hall–Kier alpha value is -0.590. The van der Waals surface area contributed by atoms with Gasteiger partial charge in [0.15, 0.2) is 0 Å². The molecule has 0 N–H and O–H groups in total. The SMILES string of the molecule is C/C=C(F)\C(C)=C/CC. The third kappa shape index (κ3) is 3.07. The summed E-state index contributed by atoms with van der Waals surface area (Å²) in [6, 6.07) is 0. The minimum atomic E-state index is -0.114. The third-order valence-electron chi connectivity index (χ3n) is 1.14. The fourth-order valence-corrected chi connectivity index (χ4v) is 0.631. The van der Waals surface area contributed by atoms with Crippen molar-refractivity contribution in [2.75, 3.05) is 0 Å².